The van der Waals surface area contributed by atoms with Gasteiger partial charge < -0.3 is 5.73 Å². The van der Waals surface area contributed by atoms with Crippen LogP contribution >= 0.6 is 11.8 Å². The number of benzene rings is 2. The summed E-state index contributed by atoms with van der Waals surface area (Å²) in [6.45, 7) is 4.12. The zero-order valence-electron chi connectivity index (χ0n) is 13.4. The molecule has 1 aromatic heterocycles. The lowest BCUT2D eigenvalue weighted by Gasteiger charge is -2.09. The predicted molar refractivity (Wildman–Crippen MR) is 93.1 cm³/mol. The Balaban J connectivity index is 1.79. The Morgan fingerprint density at radius 3 is 2.62 bits per heavy atom. The number of primary amides is 1. The highest BCUT2D eigenvalue weighted by atomic mass is 32.2. The van der Waals surface area contributed by atoms with Crippen molar-refractivity contribution in [1.82, 2.24) is 20.2 Å². The minimum absolute atomic E-state index is 0.423. The van der Waals surface area contributed by atoms with Gasteiger partial charge >= 0.3 is 0 Å². The van der Waals surface area contributed by atoms with Gasteiger partial charge in [0.1, 0.15) is 0 Å². The number of amides is 1. The molecule has 0 unspecified atom stereocenters. The van der Waals surface area contributed by atoms with E-state index in [0.29, 0.717) is 11.3 Å². The van der Waals surface area contributed by atoms with Crippen LogP contribution < -0.4 is 5.73 Å². The third-order valence-electron chi connectivity index (χ3n) is 3.85. The summed E-state index contributed by atoms with van der Waals surface area (Å²) in [6, 6.07) is 13.3. The Labute approximate surface area is 144 Å². The first kappa shape index (κ1) is 16.2. The van der Waals surface area contributed by atoms with Crippen molar-refractivity contribution in [2.45, 2.75) is 24.8 Å². The molecule has 0 aliphatic carbocycles. The van der Waals surface area contributed by atoms with Crippen LogP contribution in [-0.2, 0) is 5.75 Å². The average Bonchev–Trinajstić information content (AvgIpc) is 3.04. The van der Waals surface area contributed by atoms with Crippen molar-refractivity contribution < 1.29 is 4.79 Å². The van der Waals surface area contributed by atoms with Crippen LogP contribution in [0.2, 0.25) is 0 Å². The van der Waals surface area contributed by atoms with Gasteiger partial charge in [0.2, 0.25) is 11.1 Å². The van der Waals surface area contributed by atoms with Crippen molar-refractivity contribution in [1.29, 1.82) is 0 Å². The molecule has 1 amide bonds. The molecule has 2 N–H and O–H groups in total. The fraction of sp³-hybridized carbons (Fsp3) is 0.176. The first-order valence-corrected chi connectivity index (χ1v) is 8.41. The maximum atomic E-state index is 11.1. The SMILES string of the molecule is Cc1cccc(-n2nnnc2SCc2ccc(C(N)=O)cc2)c1C. The number of hydrogen-bond acceptors (Lipinski definition) is 5. The fourth-order valence-corrected chi connectivity index (χ4v) is 3.14. The summed E-state index contributed by atoms with van der Waals surface area (Å²) in [5.74, 6) is 0.276. The lowest BCUT2D eigenvalue weighted by molar-refractivity contribution is 0.100. The van der Waals surface area contributed by atoms with Crippen LogP contribution in [-0.4, -0.2) is 26.1 Å². The average molecular weight is 339 g/mol. The molecule has 0 spiro atoms. The van der Waals surface area contributed by atoms with Crippen molar-refractivity contribution in [3.8, 4) is 5.69 Å². The first-order valence-electron chi connectivity index (χ1n) is 7.43. The number of tetrazole rings is 1. The number of carbonyl (C=O) groups is 1. The summed E-state index contributed by atoms with van der Waals surface area (Å²) in [5.41, 5.74) is 10.1. The largest absolute Gasteiger partial charge is 0.366 e. The van der Waals surface area contributed by atoms with Gasteiger partial charge in [-0.15, -0.1) is 5.10 Å². The van der Waals surface area contributed by atoms with E-state index in [2.05, 4.69) is 35.4 Å². The lowest BCUT2D eigenvalue weighted by Crippen LogP contribution is -2.10. The number of nitrogens with two attached hydrogens (primary N) is 1. The smallest absolute Gasteiger partial charge is 0.248 e. The molecule has 0 radical (unpaired) electrons. The quantitative estimate of drug-likeness (QED) is 0.722. The van der Waals surface area contributed by atoms with E-state index in [1.54, 1.807) is 28.6 Å². The summed E-state index contributed by atoms with van der Waals surface area (Å²) in [5, 5.41) is 12.8. The monoisotopic (exact) mass is 339 g/mol. The molecule has 2 aromatic carbocycles. The van der Waals surface area contributed by atoms with Crippen LogP contribution in [0.15, 0.2) is 47.6 Å². The van der Waals surface area contributed by atoms with Crippen LogP contribution in [0, 0.1) is 13.8 Å². The molecule has 0 fully saturated rings. The summed E-state index contributed by atoms with van der Waals surface area (Å²) < 4.78 is 1.75. The second kappa shape index (κ2) is 6.84. The molecule has 3 aromatic rings. The highest BCUT2D eigenvalue weighted by molar-refractivity contribution is 7.98. The van der Waals surface area contributed by atoms with E-state index in [1.807, 2.05) is 24.3 Å². The molecule has 3 rings (SSSR count). The second-order valence-electron chi connectivity index (χ2n) is 5.44. The zero-order chi connectivity index (χ0) is 17.1. The summed E-state index contributed by atoms with van der Waals surface area (Å²) in [6.07, 6.45) is 0. The number of carbonyl (C=O) groups excluding carboxylic acids is 1. The van der Waals surface area contributed by atoms with Crippen molar-refractivity contribution in [3.63, 3.8) is 0 Å². The van der Waals surface area contributed by atoms with Crippen molar-refractivity contribution in [3.05, 3.63) is 64.7 Å². The molecule has 0 aliphatic rings. The van der Waals surface area contributed by atoms with E-state index in [4.69, 9.17) is 5.73 Å². The molecule has 0 saturated carbocycles. The van der Waals surface area contributed by atoms with Crippen LogP contribution in [0.1, 0.15) is 27.0 Å². The molecule has 1 heterocycles. The minimum Gasteiger partial charge on any atom is -0.366 e. The van der Waals surface area contributed by atoms with E-state index >= 15 is 0 Å². The summed E-state index contributed by atoms with van der Waals surface area (Å²) in [7, 11) is 0. The Kier molecular flexibility index (Phi) is 4.61. The van der Waals surface area contributed by atoms with Crippen molar-refractivity contribution in [2.75, 3.05) is 0 Å². The van der Waals surface area contributed by atoms with Crippen molar-refractivity contribution in [2.24, 2.45) is 5.73 Å². The third kappa shape index (κ3) is 3.30. The zero-order valence-corrected chi connectivity index (χ0v) is 14.2. The van der Waals surface area contributed by atoms with Gasteiger partial charge in [-0.25, -0.2) is 0 Å². The topological polar surface area (TPSA) is 86.7 Å². The van der Waals surface area contributed by atoms with Crippen LogP contribution in [0.5, 0.6) is 0 Å². The number of aryl methyl sites for hydroxylation is 1. The molecule has 7 heteroatoms. The van der Waals surface area contributed by atoms with Crippen LogP contribution in [0.25, 0.3) is 5.69 Å². The normalized spacial score (nSPS) is 10.8. The van der Waals surface area contributed by atoms with E-state index < -0.39 is 5.91 Å². The summed E-state index contributed by atoms with van der Waals surface area (Å²) >= 11 is 1.54. The van der Waals surface area contributed by atoms with Gasteiger partial charge in [0, 0.05) is 11.3 Å². The number of aromatic nitrogens is 4. The van der Waals surface area contributed by atoms with E-state index in [1.165, 1.54) is 5.56 Å². The van der Waals surface area contributed by atoms with E-state index in [0.717, 1.165) is 22.0 Å². The van der Waals surface area contributed by atoms with Gasteiger partial charge in [-0.05, 0) is 59.2 Å². The second-order valence-corrected chi connectivity index (χ2v) is 6.38. The van der Waals surface area contributed by atoms with Gasteiger partial charge in [-0.3, -0.25) is 4.79 Å². The third-order valence-corrected chi connectivity index (χ3v) is 4.84. The molecule has 0 saturated heterocycles. The van der Waals surface area contributed by atoms with E-state index in [-0.39, 0.29) is 0 Å². The number of thioether (sulfide) groups is 1. The fourth-order valence-electron chi connectivity index (χ4n) is 2.30. The first-order chi connectivity index (χ1) is 11.6. The number of nitrogens with zero attached hydrogens (tertiary/aromatic N) is 4. The van der Waals surface area contributed by atoms with Crippen LogP contribution in [0.4, 0.5) is 0 Å². The Bertz CT molecular complexity index is 873. The predicted octanol–water partition coefficient (Wildman–Crippen LogP) is 2.67. The molecule has 122 valence electrons. The minimum atomic E-state index is -0.423. The van der Waals surface area contributed by atoms with Crippen LogP contribution in [0.3, 0.4) is 0 Å². The van der Waals surface area contributed by atoms with Gasteiger partial charge in [0.05, 0.1) is 5.69 Å². The Morgan fingerprint density at radius 1 is 1.17 bits per heavy atom. The number of rotatable bonds is 5. The lowest BCUT2D eigenvalue weighted by atomic mass is 10.1. The Morgan fingerprint density at radius 2 is 1.92 bits per heavy atom. The summed E-state index contributed by atoms with van der Waals surface area (Å²) in [4.78, 5) is 11.1. The highest BCUT2D eigenvalue weighted by Gasteiger charge is 2.12. The Hall–Kier alpha value is -2.67. The van der Waals surface area contributed by atoms with Gasteiger partial charge in [-0.1, -0.05) is 36.0 Å². The molecular weight excluding hydrogens is 322 g/mol. The maximum Gasteiger partial charge on any atom is 0.248 e. The number of hydrogen-bond donors (Lipinski definition) is 1. The molecule has 0 aliphatic heterocycles. The highest BCUT2D eigenvalue weighted by Crippen LogP contribution is 2.25. The van der Waals surface area contributed by atoms with Gasteiger partial charge in [0.25, 0.3) is 0 Å². The van der Waals surface area contributed by atoms with Gasteiger partial charge in [0.15, 0.2) is 0 Å². The maximum absolute atomic E-state index is 11.1. The molecule has 24 heavy (non-hydrogen) atoms. The van der Waals surface area contributed by atoms with Gasteiger partial charge in [-0.2, -0.15) is 4.68 Å². The van der Waals surface area contributed by atoms with Crippen molar-refractivity contribution >= 4 is 17.7 Å². The van der Waals surface area contributed by atoms with E-state index in [9.17, 15) is 4.79 Å². The standard InChI is InChI=1S/C17H17N5OS/c1-11-4-3-5-15(12(11)2)22-17(19-20-21-22)24-10-13-6-8-14(9-7-13)16(18)23/h3-9H,10H2,1-2H3,(H2,18,23). The molecular formula is C17H17N5OS. The molecule has 6 nitrogen and oxygen atoms in total. The molecule has 0 bridgehead atoms. The molecule has 0 atom stereocenters.